The quantitative estimate of drug-likeness (QED) is 0.188. The minimum atomic E-state index is -1.17. The Labute approximate surface area is 239 Å². The molecular formula is C29H41N7O5. The van der Waals surface area contributed by atoms with Crippen molar-refractivity contribution in [1.82, 2.24) is 19.7 Å². The van der Waals surface area contributed by atoms with E-state index in [-0.39, 0.29) is 43.1 Å². The number of nitrogens with two attached hydrogens (primary N) is 2. The molecule has 0 saturated carbocycles. The summed E-state index contributed by atoms with van der Waals surface area (Å²) >= 11 is 0. The van der Waals surface area contributed by atoms with Gasteiger partial charge in [-0.3, -0.25) is 24.6 Å². The molecule has 0 unspecified atom stereocenters. The number of carbonyl (C=O) groups is 4. The minimum absolute atomic E-state index is 0.0148. The van der Waals surface area contributed by atoms with Crippen LogP contribution in [0, 0.1) is 5.41 Å². The van der Waals surface area contributed by atoms with Gasteiger partial charge in [-0.1, -0.05) is 12.1 Å². The molecule has 4 rings (SSSR count). The summed E-state index contributed by atoms with van der Waals surface area (Å²) in [6.45, 7) is 3.97. The number of rotatable bonds is 12. The smallest absolute Gasteiger partial charge is 0.320 e. The van der Waals surface area contributed by atoms with E-state index in [1.165, 1.54) is 10.6 Å². The molecule has 2 aliphatic heterocycles. The van der Waals surface area contributed by atoms with Crippen molar-refractivity contribution in [2.45, 2.75) is 83.0 Å². The number of hydrogen-bond acceptors (Lipinski definition) is 6. The highest BCUT2D eigenvalue weighted by Gasteiger charge is 2.34. The Bertz CT molecular complexity index is 1320. The van der Waals surface area contributed by atoms with E-state index in [0.29, 0.717) is 31.5 Å². The average molecular weight is 568 g/mol. The van der Waals surface area contributed by atoms with Gasteiger partial charge in [0.2, 0.25) is 17.7 Å². The molecule has 1 aromatic heterocycles. The van der Waals surface area contributed by atoms with E-state index in [2.05, 4.69) is 22.9 Å². The number of aliphatic carboxylic acids is 1. The zero-order chi connectivity index (χ0) is 29.7. The van der Waals surface area contributed by atoms with E-state index in [0.717, 1.165) is 43.1 Å². The Morgan fingerprint density at radius 1 is 1.17 bits per heavy atom. The van der Waals surface area contributed by atoms with Crippen molar-refractivity contribution >= 4 is 40.4 Å². The summed E-state index contributed by atoms with van der Waals surface area (Å²) in [5.41, 5.74) is 14.1. The van der Waals surface area contributed by atoms with Crippen LogP contribution in [-0.4, -0.2) is 86.8 Å². The van der Waals surface area contributed by atoms with Gasteiger partial charge in [-0.05, 0) is 69.4 Å². The van der Waals surface area contributed by atoms with Gasteiger partial charge in [-0.25, -0.2) is 0 Å². The Morgan fingerprint density at radius 3 is 2.63 bits per heavy atom. The van der Waals surface area contributed by atoms with Crippen LogP contribution in [0.3, 0.4) is 0 Å². The number of nitrogens with one attached hydrogen (secondary N) is 2. The molecule has 1 aromatic carbocycles. The van der Waals surface area contributed by atoms with Crippen LogP contribution >= 0.6 is 0 Å². The van der Waals surface area contributed by atoms with E-state index in [1.807, 2.05) is 23.1 Å². The molecule has 12 nitrogen and oxygen atoms in total. The number of piperidine rings is 1. The van der Waals surface area contributed by atoms with Gasteiger partial charge in [0.1, 0.15) is 17.9 Å². The van der Waals surface area contributed by atoms with Crippen molar-refractivity contribution < 1.29 is 24.3 Å². The van der Waals surface area contributed by atoms with Gasteiger partial charge in [0.15, 0.2) is 0 Å². The molecule has 2 fully saturated rings. The summed E-state index contributed by atoms with van der Waals surface area (Å²) in [5, 5.41) is 20.4. The normalized spacial score (nSPS) is 19.9. The molecule has 0 aliphatic carbocycles. The molecule has 0 bridgehead atoms. The first kappa shape index (κ1) is 30.0. The number of amidine groups is 1. The Morgan fingerprint density at radius 2 is 1.93 bits per heavy atom. The van der Waals surface area contributed by atoms with Crippen LogP contribution < -0.4 is 16.8 Å². The largest absolute Gasteiger partial charge is 0.480 e. The third-order valence-corrected chi connectivity index (χ3v) is 8.24. The minimum Gasteiger partial charge on any atom is -0.480 e. The summed E-state index contributed by atoms with van der Waals surface area (Å²) in [7, 11) is 0. The SMILES string of the molecule is CCn1c(CC[C@@H]2CCCN2C(=O)CN2CCC[C@H](NC(=O)CC[C@H](N)C(=O)O)C2=O)cc2ccc(C(=N)N)cc21. The van der Waals surface area contributed by atoms with Crippen molar-refractivity contribution in [2.24, 2.45) is 11.5 Å². The average Bonchev–Trinajstić information content (AvgIpc) is 3.56. The maximum absolute atomic E-state index is 13.4. The summed E-state index contributed by atoms with van der Waals surface area (Å²) in [4.78, 5) is 53.0. The lowest BCUT2D eigenvalue weighted by Gasteiger charge is -2.34. The van der Waals surface area contributed by atoms with Gasteiger partial charge in [-0.2, -0.15) is 0 Å². The lowest BCUT2D eigenvalue weighted by molar-refractivity contribution is -0.145. The zero-order valence-corrected chi connectivity index (χ0v) is 23.6. The molecule has 2 aromatic rings. The van der Waals surface area contributed by atoms with Crippen LogP contribution in [-0.2, 0) is 32.1 Å². The number of amides is 3. The number of carboxylic acid groups (broad SMARTS) is 1. The first-order valence-electron chi connectivity index (χ1n) is 14.4. The van der Waals surface area contributed by atoms with Crippen LogP contribution in [0.4, 0.5) is 0 Å². The molecule has 222 valence electrons. The number of nitrogens with zero attached hydrogens (tertiary/aromatic N) is 3. The summed E-state index contributed by atoms with van der Waals surface area (Å²) in [6.07, 6.45) is 4.49. The molecule has 0 radical (unpaired) electrons. The summed E-state index contributed by atoms with van der Waals surface area (Å²) in [5.74, 6) is -1.92. The van der Waals surface area contributed by atoms with Crippen LogP contribution in [0.5, 0.6) is 0 Å². The second kappa shape index (κ2) is 13.2. The van der Waals surface area contributed by atoms with E-state index in [4.69, 9.17) is 22.0 Å². The van der Waals surface area contributed by atoms with Crippen LogP contribution in [0.2, 0.25) is 0 Å². The Kier molecular flexibility index (Phi) is 9.64. The van der Waals surface area contributed by atoms with Crippen molar-refractivity contribution in [3.05, 3.63) is 35.5 Å². The van der Waals surface area contributed by atoms with Crippen molar-refractivity contribution in [2.75, 3.05) is 19.6 Å². The van der Waals surface area contributed by atoms with Gasteiger partial charge >= 0.3 is 5.97 Å². The molecule has 3 amide bonds. The van der Waals surface area contributed by atoms with E-state index >= 15 is 0 Å². The first-order valence-corrected chi connectivity index (χ1v) is 14.4. The predicted octanol–water partition coefficient (Wildman–Crippen LogP) is 1.17. The number of benzene rings is 1. The number of nitrogen functional groups attached to an aromatic ring is 1. The van der Waals surface area contributed by atoms with Crippen LogP contribution in [0.25, 0.3) is 10.9 Å². The number of carboxylic acids is 1. The van der Waals surface area contributed by atoms with Crippen LogP contribution in [0.1, 0.15) is 63.1 Å². The number of fused-ring (bicyclic) bond motifs is 1. The third-order valence-electron chi connectivity index (χ3n) is 8.24. The van der Waals surface area contributed by atoms with Gasteiger partial charge in [-0.15, -0.1) is 0 Å². The molecule has 2 saturated heterocycles. The zero-order valence-electron chi connectivity index (χ0n) is 23.6. The van der Waals surface area contributed by atoms with E-state index < -0.39 is 24.0 Å². The number of carbonyl (C=O) groups excluding carboxylic acids is 3. The molecule has 0 spiro atoms. The Hall–Kier alpha value is -3.93. The van der Waals surface area contributed by atoms with Crippen molar-refractivity contribution in [1.29, 1.82) is 5.41 Å². The molecule has 7 N–H and O–H groups in total. The lowest BCUT2D eigenvalue weighted by atomic mass is 10.0. The van der Waals surface area contributed by atoms with Gasteiger partial charge < -0.3 is 36.3 Å². The summed E-state index contributed by atoms with van der Waals surface area (Å²) in [6, 6.07) is 6.20. The fourth-order valence-electron chi connectivity index (χ4n) is 6.00. The highest BCUT2D eigenvalue weighted by atomic mass is 16.4. The summed E-state index contributed by atoms with van der Waals surface area (Å²) < 4.78 is 2.24. The third kappa shape index (κ3) is 7.05. The molecule has 2 aliphatic rings. The van der Waals surface area contributed by atoms with Crippen molar-refractivity contribution in [3.8, 4) is 0 Å². The standard InChI is InChI=1S/C29H41N7O5/c1-2-35-21(15-18-7-8-19(27(31)32)16-24(18)35)10-9-20-5-3-14-36(20)26(38)17-34-13-4-6-23(28(34)39)33-25(37)12-11-22(30)29(40)41/h7-8,15-16,20,22-23H,2-6,9-14,17,30H2,1H3,(H3,31,32)(H,33,37)(H,40,41)/t20-,22-,23-/m0/s1. The molecule has 3 heterocycles. The number of aromatic nitrogens is 1. The topological polar surface area (TPSA) is 188 Å². The van der Waals surface area contributed by atoms with Gasteiger partial charge in [0.05, 0.1) is 6.54 Å². The second-order valence-electron chi connectivity index (χ2n) is 11.0. The van der Waals surface area contributed by atoms with Crippen molar-refractivity contribution in [3.63, 3.8) is 0 Å². The number of aryl methyl sites for hydroxylation is 2. The molecular weight excluding hydrogens is 526 g/mol. The molecule has 3 atom stereocenters. The fourth-order valence-corrected chi connectivity index (χ4v) is 6.00. The maximum Gasteiger partial charge on any atom is 0.320 e. The molecule has 41 heavy (non-hydrogen) atoms. The highest BCUT2D eigenvalue weighted by Crippen LogP contribution is 2.26. The monoisotopic (exact) mass is 567 g/mol. The van der Waals surface area contributed by atoms with E-state index in [9.17, 15) is 19.2 Å². The maximum atomic E-state index is 13.4. The lowest BCUT2D eigenvalue weighted by Crippen LogP contribution is -2.55. The number of likely N-dealkylation sites (tertiary alicyclic amines) is 2. The second-order valence-corrected chi connectivity index (χ2v) is 11.0. The first-order chi connectivity index (χ1) is 19.6. The predicted molar refractivity (Wildman–Crippen MR) is 154 cm³/mol. The fraction of sp³-hybridized carbons (Fsp3) is 0.552. The van der Waals surface area contributed by atoms with E-state index in [1.54, 1.807) is 0 Å². The number of hydrogen-bond donors (Lipinski definition) is 5. The van der Waals surface area contributed by atoms with Crippen LogP contribution in [0.15, 0.2) is 24.3 Å². The van der Waals surface area contributed by atoms with Gasteiger partial charge in [0, 0.05) is 48.9 Å². The Balaban J connectivity index is 1.33. The van der Waals surface area contributed by atoms with Gasteiger partial charge in [0.25, 0.3) is 0 Å². The molecule has 12 heteroatoms. The highest BCUT2D eigenvalue weighted by molar-refractivity contribution is 5.98.